The van der Waals surface area contributed by atoms with E-state index in [1.165, 1.54) is 0 Å². The van der Waals surface area contributed by atoms with E-state index in [9.17, 15) is 9.90 Å². The molecule has 0 unspecified atom stereocenters. The molecule has 0 aliphatic carbocycles. The smallest absolute Gasteiger partial charge is 0.226 e. The molecule has 1 aliphatic heterocycles. The van der Waals surface area contributed by atoms with Gasteiger partial charge >= 0.3 is 0 Å². The van der Waals surface area contributed by atoms with Gasteiger partial charge in [-0.2, -0.15) is 5.10 Å². The molecule has 6 heteroatoms. The van der Waals surface area contributed by atoms with Gasteiger partial charge in [0.05, 0.1) is 18.5 Å². The number of ether oxygens (including phenoxy) is 1. The number of carbonyl (C=O) groups is 1. The number of hydrogen-bond acceptors (Lipinski definition) is 4. The summed E-state index contributed by atoms with van der Waals surface area (Å²) in [4.78, 5) is 12.5. The first-order chi connectivity index (χ1) is 13.0. The fraction of sp³-hybridized carbons (Fsp3) is 0.238. The SMILES string of the molecule is COc1ccc(O)c([C@H]2CC(=O)Nc3c2c(C)nn3-c2ccc(C)cc2)c1. The average molecular weight is 363 g/mol. The van der Waals surface area contributed by atoms with Crippen molar-refractivity contribution < 1.29 is 14.6 Å². The van der Waals surface area contributed by atoms with Gasteiger partial charge in [0.1, 0.15) is 17.3 Å². The number of nitrogens with zero attached hydrogens (tertiary/aromatic N) is 2. The number of amides is 1. The van der Waals surface area contributed by atoms with Crippen molar-refractivity contribution in [3.63, 3.8) is 0 Å². The van der Waals surface area contributed by atoms with Crippen molar-refractivity contribution >= 4 is 11.7 Å². The third kappa shape index (κ3) is 2.93. The number of rotatable bonds is 3. The highest BCUT2D eigenvalue weighted by Crippen LogP contribution is 2.43. The van der Waals surface area contributed by atoms with Crippen molar-refractivity contribution in [2.45, 2.75) is 26.2 Å². The van der Waals surface area contributed by atoms with Gasteiger partial charge in [0, 0.05) is 23.5 Å². The highest BCUT2D eigenvalue weighted by Gasteiger charge is 2.34. The van der Waals surface area contributed by atoms with E-state index in [1.807, 2.05) is 38.1 Å². The molecule has 0 bridgehead atoms. The van der Waals surface area contributed by atoms with Crippen molar-refractivity contribution in [2.75, 3.05) is 12.4 Å². The zero-order chi connectivity index (χ0) is 19.1. The van der Waals surface area contributed by atoms with E-state index >= 15 is 0 Å². The van der Waals surface area contributed by atoms with E-state index in [0.29, 0.717) is 17.1 Å². The van der Waals surface area contributed by atoms with E-state index in [-0.39, 0.29) is 24.0 Å². The first-order valence-corrected chi connectivity index (χ1v) is 8.81. The van der Waals surface area contributed by atoms with Crippen LogP contribution in [0.15, 0.2) is 42.5 Å². The second-order valence-corrected chi connectivity index (χ2v) is 6.82. The van der Waals surface area contributed by atoms with E-state index in [1.54, 1.807) is 30.0 Å². The Morgan fingerprint density at radius 2 is 1.93 bits per heavy atom. The topological polar surface area (TPSA) is 76.4 Å². The summed E-state index contributed by atoms with van der Waals surface area (Å²) in [5.41, 5.74) is 4.43. The van der Waals surface area contributed by atoms with Crippen LogP contribution in [0.5, 0.6) is 11.5 Å². The maximum absolute atomic E-state index is 12.5. The second-order valence-electron chi connectivity index (χ2n) is 6.82. The maximum atomic E-state index is 12.5. The molecule has 1 amide bonds. The Bertz CT molecular complexity index is 1020. The minimum Gasteiger partial charge on any atom is -0.508 e. The quantitative estimate of drug-likeness (QED) is 0.744. The number of hydrogen-bond donors (Lipinski definition) is 2. The van der Waals surface area contributed by atoms with Gasteiger partial charge in [-0.05, 0) is 44.2 Å². The van der Waals surface area contributed by atoms with E-state index in [4.69, 9.17) is 4.74 Å². The highest BCUT2D eigenvalue weighted by atomic mass is 16.5. The zero-order valence-electron chi connectivity index (χ0n) is 15.5. The van der Waals surface area contributed by atoms with Crippen molar-refractivity contribution in [1.82, 2.24) is 9.78 Å². The second kappa shape index (κ2) is 6.46. The van der Waals surface area contributed by atoms with Gasteiger partial charge in [0.15, 0.2) is 0 Å². The lowest BCUT2D eigenvalue weighted by Gasteiger charge is -2.25. The third-order valence-corrected chi connectivity index (χ3v) is 4.99. The fourth-order valence-electron chi connectivity index (χ4n) is 3.62. The van der Waals surface area contributed by atoms with Crippen LogP contribution in [-0.4, -0.2) is 27.9 Å². The lowest BCUT2D eigenvalue weighted by Crippen LogP contribution is -2.25. The van der Waals surface area contributed by atoms with Gasteiger partial charge in [-0.25, -0.2) is 4.68 Å². The standard InChI is InChI=1S/C21H21N3O3/c1-12-4-6-14(7-5-12)24-21-20(13(2)23-24)17(11-19(26)22-21)16-10-15(27-3)8-9-18(16)25/h4-10,17,25H,11H2,1-3H3,(H,22,26)/t17-/m1/s1. The normalized spacial score (nSPS) is 16.0. The molecular formula is C21H21N3O3. The van der Waals surface area contributed by atoms with E-state index in [2.05, 4.69) is 10.4 Å². The molecule has 2 heterocycles. The predicted molar refractivity (Wildman–Crippen MR) is 103 cm³/mol. The van der Waals surface area contributed by atoms with Gasteiger partial charge in [-0.1, -0.05) is 17.7 Å². The van der Waals surface area contributed by atoms with Gasteiger partial charge in [0.25, 0.3) is 0 Å². The lowest BCUT2D eigenvalue weighted by molar-refractivity contribution is -0.116. The summed E-state index contributed by atoms with van der Waals surface area (Å²) in [6.07, 6.45) is 0.244. The first kappa shape index (κ1) is 17.1. The lowest BCUT2D eigenvalue weighted by atomic mass is 9.85. The largest absolute Gasteiger partial charge is 0.508 e. The summed E-state index contributed by atoms with van der Waals surface area (Å²) in [5.74, 6) is 1.04. The molecule has 3 aromatic rings. The predicted octanol–water partition coefficient (Wildman–Crippen LogP) is 3.68. The van der Waals surface area contributed by atoms with Crippen molar-refractivity contribution in [3.05, 3.63) is 64.8 Å². The molecule has 138 valence electrons. The van der Waals surface area contributed by atoms with Gasteiger partial charge in [-0.15, -0.1) is 0 Å². The maximum Gasteiger partial charge on any atom is 0.226 e. The number of aryl methyl sites for hydroxylation is 2. The van der Waals surface area contributed by atoms with E-state index in [0.717, 1.165) is 22.5 Å². The van der Waals surface area contributed by atoms with Crippen LogP contribution >= 0.6 is 0 Å². The molecule has 1 aliphatic rings. The number of phenolic OH excluding ortho intramolecular Hbond substituents is 1. The Morgan fingerprint density at radius 1 is 1.19 bits per heavy atom. The number of aromatic nitrogens is 2. The van der Waals surface area contributed by atoms with Gasteiger partial charge < -0.3 is 15.2 Å². The number of phenols is 1. The minimum atomic E-state index is -0.289. The minimum absolute atomic E-state index is 0.108. The Kier molecular flexibility index (Phi) is 4.11. The highest BCUT2D eigenvalue weighted by molar-refractivity contribution is 5.95. The molecule has 4 rings (SSSR count). The summed E-state index contributed by atoms with van der Waals surface area (Å²) in [6.45, 7) is 3.95. The summed E-state index contributed by atoms with van der Waals surface area (Å²) in [5, 5.41) is 18.0. The van der Waals surface area contributed by atoms with Gasteiger partial charge in [-0.3, -0.25) is 4.79 Å². The number of anilines is 1. The number of aromatic hydroxyl groups is 1. The Labute approximate surface area is 157 Å². The van der Waals surface area contributed by atoms with Crippen LogP contribution in [0.1, 0.15) is 34.7 Å². The monoisotopic (exact) mass is 363 g/mol. The molecule has 2 aromatic carbocycles. The summed E-state index contributed by atoms with van der Waals surface area (Å²) in [6, 6.07) is 13.0. The van der Waals surface area contributed by atoms with Crippen LogP contribution in [0.25, 0.3) is 5.69 Å². The zero-order valence-corrected chi connectivity index (χ0v) is 15.5. The molecule has 1 aromatic heterocycles. The number of fused-ring (bicyclic) bond motifs is 1. The molecule has 0 radical (unpaired) electrons. The van der Waals surface area contributed by atoms with Crippen molar-refractivity contribution in [1.29, 1.82) is 0 Å². The van der Waals surface area contributed by atoms with Crippen LogP contribution < -0.4 is 10.1 Å². The van der Waals surface area contributed by atoms with E-state index < -0.39 is 0 Å². The molecule has 27 heavy (non-hydrogen) atoms. The Hall–Kier alpha value is -3.28. The van der Waals surface area contributed by atoms with Crippen LogP contribution in [-0.2, 0) is 4.79 Å². The first-order valence-electron chi connectivity index (χ1n) is 8.81. The Balaban J connectivity index is 1.88. The molecule has 1 atom stereocenters. The molecule has 2 N–H and O–H groups in total. The van der Waals surface area contributed by atoms with Gasteiger partial charge in [0.2, 0.25) is 5.91 Å². The van der Waals surface area contributed by atoms with Crippen molar-refractivity contribution in [2.24, 2.45) is 0 Å². The van der Waals surface area contributed by atoms with Crippen molar-refractivity contribution in [3.8, 4) is 17.2 Å². The average Bonchev–Trinajstić information content (AvgIpc) is 2.98. The summed E-state index contributed by atoms with van der Waals surface area (Å²) < 4.78 is 7.05. The molecule has 0 saturated carbocycles. The van der Waals surface area contributed by atoms with Crippen LogP contribution in [0.4, 0.5) is 5.82 Å². The van der Waals surface area contributed by atoms with Crippen LogP contribution in [0.2, 0.25) is 0 Å². The molecule has 0 saturated heterocycles. The number of benzene rings is 2. The fourth-order valence-corrected chi connectivity index (χ4v) is 3.62. The Morgan fingerprint density at radius 3 is 2.63 bits per heavy atom. The number of methoxy groups -OCH3 is 1. The van der Waals surface area contributed by atoms with Crippen LogP contribution in [0, 0.1) is 13.8 Å². The van der Waals surface area contributed by atoms with Crippen LogP contribution in [0.3, 0.4) is 0 Å². The number of carbonyl (C=O) groups excluding carboxylic acids is 1. The summed E-state index contributed by atoms with van der Waals surface area (Å²) in [7, 11) is 1.58. The molecule has 6 nitrogen and oxygen atoms in total. The molecule has 0 spiro atoms. The third-order valence-electron chi connectivity index (χ3n) is 4.99. The molecule has 0 fully saturated rings. The number of nitrogens with one attached hydrogen (secondary N) is 1. The molecular weight excluding hydrogens is 342 g/mol. The summed E-state index contributed by atoms with van der Waals surface area (Å²) >= 11 is 0.